The van der Waals surface area contributed by atoms with Crippen LogP contribution < -0.4 is 20.5 Å². The molecule has 1 aliphatic rings. The van der Waals surface area contributed by atoms with E-state index in [-0.39, 0.29) is 37.1 Å². The van der Waals surface area contributed by atoms with Crippen LogP contribution in [0.25, 0.3) is 11.1 Å². The molecule has 40 heavy (non-hydrogen) atoms. The average molecular weight is 536 g/mol. The number of aliphatic hydroxyl groups is 1. The summed E-state index contributed by atoms with van der Waals surface area (Å²) in [7, 11) is 0. The second-order valence-electron chi connectivity index (χ2n) is 10.0. The summed E-state index contributed by atoms with van der Waals surface area (Å²) < 4.78 is 10.9. The maximum Gasteiger partial charge on any atom is 0.251 e. The zero-order valence-electron chi connectivity index (χ0n) is 22.2. The van der Waals surface area contributed by atoms with Crippen LogP contribution in [0.15, 0.2) is 97.1 Å². The number of aryl methyl sites for hydroxylation is 1. The molecule has 4 aromatic rings. The van der Waals surface area contributed by atoms with Crippen molar-refractivity contribution in [3.8, 4) is 22.6 Å². The summed E-state index contributed by atoms with van der Waals surface area (Å²) in [6.45, 7) is 0.132. The molecular formula is C33H33N3O4. The first-order valence-corrected chi connectivity index (χ1v) is 13.4. The predicted octanol–water partition coefficient (Wildman–Crippen LogP) is 4.95. The number of amides is 1. The first kappa shape index (κ1) is 27.0. The van der Waals surface area contributed by atoms with Crippen molar-refractivity contribution in [2.75, 3.05) is 13.4 Å². The Morgan fingerprint density at radius 1 is 0.850 bits per heavy atom. The van der Waals surface area contributed by atoms with Gasteiger partial charge in [0.25, 0.3) is 5.91 Å². The van der Waals surface area contributed by atoms with Gasteiger partial charge in [0.2, 0.25) is 6.79 Å². The van der Waals surface area contributed by atoms with Gasteiger partial charge in [-0.3, -0.25) is 10.2 Å². The van der Waals surface area contributed by atoms with Crippen LogP contribution in [0.1, 0.15) is 33.5 Å². The molecule has 5 rings (SSSR count). The Bertz CT molecular complexity index is 1470. The maximum absolute atomic E-state index is 13.4. The van der Waals surface area contributed by atoms with E-state index in [0.717, 1.165) is 28.9 Å². The van der Waals surface area contributed by atoms with Gasteiger partial charge in [-0.2, -0.15) is 0 Å². The van der Waals surface area contributed by atoms with Gasteiger partial charge < -0.3 is 25.6 Å². The summed E-state index contributed by atoms with van der Waals surface area (Å²) in [6.07, 6.45) is 1.97. The molecule has 7 heteroatoms. The number of aliphatic hydroxyl groups excluding tert-OH is 1. The number of fused-ring (bicyclic) bond motifs is 1. The third kappa shape index (κ3) is 6.50. The van der Waals surface area contributed by atoms with E-state index in [0.29, 0.717) is 29.7 Å². The molecule has 0 saturated heterocycles. The number of carbonyl (C=O) groups is 1. The molecule has 0 fully saturated rings. The number of rotatable bonds is 11. The summed E-state index contributed by atoms with van der Waals surface area (Å²) >= 11 is 0. The van der Waals surface area contributed by atoms with Crippen molar-refractivity contribution < 1.29 is 19.4 Å². The summed E-state index contributed by atoms with van der Waals surface area (Å²) in [5.74, 6) is 1.03. The Kier molecular flexibility index (Phi) is 8.42. The molecule has 0 aromatic heterocycles. The number of hydrogen-bond acceptors (Lipinski definition) is 5. The number of nitrogens with two attached hydrogens (primary N) is 1. The van der Waals surface area contributed by atoms with Crippen molar-refractivity contribution in [1.82, 2.24) is 5.32 Å². The topological polar surface area (TPSA) is 118 Å². The first-order chi connectivity index (χ1) is 19.5. The monoisotopic (exact) mass is 535 g/mol. The van der Waals surface area contributed by atoms with Crippen molar-refractivity contribution in [2.45, 2.75) is 25.3 Å². The quantitative estimate of drug-likeness (QED) is 0.160. The molecule has 0 aliphatic carbocycles. The van der Waals surface area contributed by atoms with Crippen molar-refractivity contribution in [2.24, 2.45) is 11.7 Å². The zero-order valence-corrected chi connectivity index (χ0v) is 22.2. The molecule has 0 bridgehead atoms. The van der Waals surface area contributed by atoms with Crippen LogP contribution in [0.3, 0.4) is 0 Å². The summed E-state index contributed by atoms with van der Waals surface area (Å²) in [5, 5.41) is 21.4. The van der Waals surface area contributed by atoms with Gasteiger partial charge in [0.1, 0.15) is 5.84 Å². The van der Waals surface area contributed by atoms with E-state index in [1.165, 1.54) is 5.56 Å². The smallest absolute Gasteiger partial charge is 0.251 e. The summed E-state index contributed by atoms with van der Waals surface area (Å²) in [6, 6.07) is 30.6. The molecule has 2 unspecified atom stereocenters. The van der Waals surface area contributed by atoms with Gasteiger partial charge in [-0.05, 0) is 71.8 Å². The van der Waals surface area contributed by atoms with Gasteiger partial charge in [-0.25, -0.2) is 0 Å². The highest BCUT2D eigenvalue weighted by Gasteiger charge is 2.24. The minimum Gasteiger partial charge on any atom is -0.454 e. The zero-order chi connectivity index (χ0) is 27.9. The van der Waals surface area contributed by atoms with Gasteiger partial charge >= 0.3 is 0 Å². The van der Waals surface area contributed by atoms with Crippen LogP contribution in [-0.4, -0.2) is 36.3 Å². The molecule has 5 N–H and O–H groups in total. The Balaban J connectivity index is 1.32. The second-order valence-corrected chi connectivity index (χ2v) is 10.0. The number of benzene rings is 4. The predicted molar refractivity (Wildman–Crippen MR) is 156 cm³/mol. The highest BCUT2D eigenvalue weighted by molar-refractivity contribution is 5.95. The van der Waals surface area contributed by atoms with Gasteiger partial charge in [0, 0.05) is 29.7 Å². The Morgan fingerprint density at radius 2 is 1.57 bits per heavy atom. The van der Waals surface area contributed by atoms with E-state index in [2.05, 4.69) is 17.4 Å². The minimum atomic E-state index is -0.271. The van der Waals surface area contributed by atoms with E-state index in [4.69, 9.17) is 20.6 Å². The van der Waals surface area contributed by atoms with Crippen molar-refractivity contribution in [1.29, 1.82) is 5.41 Å². The van der Waals surface area contributed by atoms with Gasteiger partial charge in [-0.15, -0.1) is 0 Å². The Labute approximate surface area is 234 Å². The lowest BCUT2D eigenvalue weighted by Gasteiger charge is -2.27. The first-order valence-electron chi connectivity index (χ1n) is 13.4. The standard InChI is InChI=1S/C33H33N3O4/c34-32(35)27-8-4-7-23(17-27)18-28(20-37)29(15-9-22-5-2-1-3-6-22)36-33(38)25-12-10-24(11-13-25)26-14-16-30-31(19-26)40-21-39-30/h1-8,10-14,16-17,19,28-29,37H,9,15,18,20-21H2,(H3,34,35)(H,36,38). The number of nitrogen functional groups attached to an aromatic ring is 1. The minimum absolute atomic E-state index is 0.000485. The molecule has 1 heterocycles. The Hall–Kier alpha value is -4.62. The number of carbonyl (C=O) groups excluding carboxylic acids is 1. The van der Waals surface area contributed by atoms with Crippen LogP contribution in [-0.2, 0) is 12.8 Å². The Morgan fingerprint density at radius 3 is 2.33 bits per heavy atom. The van der Waals surface area contributed by atoms with E-state index in [9.17, 15) is 9.90 Å². The molecule has 204 valence electrons. The number of amidine groups is 1. The van der Waals surface area contributed by atoms with E-state index in [1.54, 1.807) is 6.07 Å². The normalized spacial score (nSPS) is 13.4. The maximum atomic E-state index is 13.4. The van der Waals surface area contributed by atoms with Gasteiger partial charge in [0.15, 0.2) is 11.5 Å². The highest BCUT2D eigenvalue weighted by Crippen LogP contribution is 2.36. The molecule has 4 aromatic carbocycles. The van der Waals surface area contributed by atoms with E-state index >= 15 is 0 Å². The fraction of sp³-hybridized carbons (Fsp3) is 0.212. The molecule has 0 spiro atoms. The number of nitrogens with one attached hydrogen (secondary N) is 2. The summed E-state index contributed by atoms with van der Waals surface area (Å²) in [5.41, 5.74) is 10.9. The fourth-order valence-electron chi connectivity index (χ4n) is 5.04. The van der Waals surface area contributed by atoms with Crippen LogP contribution in [0, 0.1) is 11.3 Å². The highest BCUT2D eigenvalue weighted by atomic mass is 16.7. The lowest BCUT2D eigenvalue weighted by Crippen LogP contribution is -2.43. The largest absolute Gasteiger partial charge is 0.454 e. The third-order valence-corrected chi connectivity index (χ3v) is 7.30. The molecule has 1 amide bonds. The SMILES string of the molecule is N=C(N)c1cccc(CC(CO)C(CCc2ccccc2)NC(=O)c2ccc(-c3ccc4c(c3)OCO4)cc2)c1. The lowest BCUT2D eigenvalue weighted by molar-refractivity contribution is 0.0898. The third-order valence-electron chi connectivity index (χ3n) is 7.30. The fourth-order valence-corrected chi connectivity index (χ4v) is 5.04. The number of ether oxygens (including phenoxy) is 2. The van der Waals surface area contributed by atoms with Gasteiger partial charge in [0.05, 0.1) is 0 Å². The van der Waals surface area contributed by atoms with Crippen LogP contribution >= 0.6 is 0 Å². The van der Waals surface area contributed by atoms with Crippen molar-refractivity contribution >= 4 is 11.7 Å². The van der Waals surface area contributed by atoms with Crippen LogP contribution in [0.5, 0.6) is 11.5 Å². The average Bonchev–Trinajstić information content (AvgIpc) is 3.47. The molecule has 0 saturated carbocycles. The van der Waals surface area contributed by atoms with Gasteiger partial charge in [-0.1, -0.05) is 66.7 Å². The van der Waals surface area contributed by atoms with Crippen LogP contribution in [0.4, 0.5) is 0 Å². The summed E-state index contributed by atoms with van der Waals surface area (Å²) in [4.78, 5) is 13.4. The van der Waals surface area contributed by atoms with Crippen molar-refractivity contribution in [3.63, 3.8) is 0 Å². The molecule has 2 atom stereocenters. The van der Waals surface area contributed by atoms with Crippen molar-refractivity contribution in [3.05, 3.63) is 119 Å². The van der Waals surface area contributed by atoms with Crippen LogP contribution in [0.2, 0.25) is 0 Å². The van der Waals surface area contributed by atoms with E-state index < -0.39 is 0 Å². The molecular weight excluding hydrogens is 502 g/mol. The number of hydrogen-bond donors (Lipinski definition) is 4. The second kappa shape index (κ2) is 12.5. The molecule has 1 aliphatic heterocycles. The molecule has 0 radical (unpaired) electrons. The lowest BCUT2D eigenvalue weighted by atomic mass is 9.88. The molecule has 7 nitrogen and oxygen atoms in total. The van der Waals surface area contributed by atoms with E-state index in [1.807, 2.05) is 78.9 Å².